The van der Waals surface area contributed by atoms with Crippen molar-refractivity contribution < 1.29 is 9.59 Å². The van der Waals surface area contributed by atoms with Gasteiger partial charge >= 0.3 is 0 Å². The molecule has 148 valence electrons. The van der Waals surface area contributed by atoms with Crippen LogP contribution in [0.5, 0.6) is 0 Å². The molecule has 0 atom stereocenters. The molecule has 0 fully saturated rings. The number of carbonyl (C=O) groups excluding carboxylic acids is 2. The van der Waals surface area contributed by atoms with Crippen LogP contribution in [0.4, 0.5) is 5.69 Å². The number of hydrogen-bond donors (Lipinski definition) is 3. The van der Waals surface area contributed by atoms with Crippen molar-refractivity contribution in [2.45, 2.75) is 6.54 Å². The van der Waals surface area contributed by atoms with E-state index in [0.717, 1.165) is 16.7 Å². The largest absolute Gasteiger partial charge is 0.346 e. The summed E-state index contributed by atoms with van der Waals surface area (Å²) in [6.45, 7) is 0.342. The van der Waals surface area contributed by atoms with Crippen LogP contribution in [0.15, 0.2) is 85.2 Å². The molecule has 0 saturated heterocycles. The average molecular weight is 397 g/mol. The fourth-order valence-corrected chi connectivity index (χ4v) is 2.95. The highest BCUT2D eigenvalue weighted by atomic mass is 16.2. The lowest BCUT2D eigenvalue weighted by Crippen LogP contribution is -2.25. The van der Waals surface area contributed by atoms with Gasteiger partial charge in [0.05, 0.1) is 5.69 Å². The number of H-pyrrole nitrogens is 1. The van der Waals surface area contributed by atoms with Gasteiger partial charge in [-0.1, -0.05) is 60.7 Å². The van der Waals surface area contributed by atoms with Gasteiger partial charge in [-0.25, -0.2) is 0 Å². The van der Waals surface area contributed by atoms with Gasteiger partial charge in [0.2, 0.25) is 0 Å². The summed E-state index contributed by atoms with van der Waals surface area (Å²) in [6, 6.07) is 23.1. The Hall–Kier alpha value is -4.26. The minimum Gasteiger partial charge on any atom is -0.346 e. The Kier molecular flexibility index (Phi) is 5.61. The van der Waals surface area contributed by atoms with Gasteiger partial charge in [0.25, 0.3) is 11.8 Å². The summed E-state index contributed by atoms with van der Waals surface area (Å²) in [7, 11) is 0. The minimum atomic E-state index is -0.414. The molecule has 7 nitrogen and oxygen atoms in total. The van der Waals surface area contributed by atoms with E-state index in [1.54, 1.807) is 18.2 Å². The van der Waals surface area contributed by atoms with Crippen LogP contribution in [0.3, 0.4) is 0 Å². The molecular formula is C23H19N5O2. The number of anilines is 1. The number of nitrogens with one attached hydrogen (secondary N) is 3. The van der Waals surface area contributed by atoms with Crippen LogP contribution >= 0.6 is 0 Å². The second kappa shape index (κ2) is 8.83. The maximum absolute atomic E-state index is 12.5. The smallest absolute Gasteiger partial charge is 0.274 e. The fourth-order valence-electron chi connectivity index (χ4n) is 2.95. The van der Waals surface area contributed by atoms with Crippen LogP contribution in [0.1, 0.15) is 26.5 Å². The number of aromatic amines is 1. The molecular weight excluding hydrogens is 378 g/mol. The monoisotopic (exact) mass is 397 g/mol. The molecule has 3 N–H and O–H groups in total. The number of hydrogen-bond acceptors (Lipinski definition) is 4. The quantitative estimate of drug-likeness (QED) is 0.462. The number of benzene rings is 2. The van der Waals surface area contributed by atoms with Gasteiger partial charge < -0.3 is 10.6 Å². The van der Waals surface area contributed by atoms with E-state index < -0.39 is 5.91 Å². The fraction of sp³-hybridized carbons (Fsp3) is 0.0435. The van der Waals surface area contributed by atoms with Crippen molar-refractivity contribution in [2.75, 3.05) is 5.32 Å². The highest BCUT2D eigenvalue weighted by Crippen LogP contribution is 2.19. The molecule has 0 saturated carbocycles. The van der Waals surface area contributed by atoms with Gasteiger partial charge in [0.1, 0.15) is 5.69 Å². The average Bonchev–Trinajstić information content (AvgIpc) is 3.27. The number of rotatable bonds is 6. The van der Waals surface area contributed by atoms with Gasteiger partial charge in [-0.2, -0.15) is 5.10 Å². The van der Waals surface area contributed by atoms with E-state index in [2.05, 4.69) is 37.9 Å². The third-order valence-electron chi connectivity index (χ3n) is 4.52. The molecule has 2 heterocycles. The van der Waals surface area contributed by atoms with E-state index in [9.17, 15) is 9.59 Å². The predicted octanol–water partition coefficient (Wildman–Crippen LogP) is 3.65. The predicted molar refractivity (Wildman–Crippen MR) is 114 cm³/mol. The van der Waals surface area contributed by atoms with E-state index in [1.807, 2.05) is 42.5 Å². The standard InChI is InChI=1S/C23H19N5O2/c29-22(19-8-4-5-13-24-19)27-20-15-26-28-21(20)23(30)25-14-16-9-11-18(12-10-16)17-6-2-1-3-7-17/h1-13,15H,14H2,(H,25,30)(H,26,28)(H,27,29). The Morgan fingerprint density at radius 1 is 0.833 bits per heavy atom. The number of nitrogens with zero attached hydrogens (tertiary/aromatic N) is 2. The van der Waals surface area contributed by atoms with Crippen LogP contribution in [0.25, 0.3) is 11.1 Å². The lowest BCUT2D eigenvalue weighted by Gasteiger charge is -2.08. The Balaban J connectivity index is 1.38. The molecule has 7 heteroatoms. The van der Waals surface area contributed by atoms with Crippen molar-refractivity contribution >= 4 is 17.5 Å². The van der Waals surface area contributed by atoms with Gasteiger partial charge in [-0.3, -0.25) is 19.7 Å². The topological polar surface area (TPSA) is 99.8 Å². The zero-order chi connectivity index (χ0) is 20.8. The van der Waals surface area contributed by atoms with E-state index in [-0.39, 0.29) is 17.3 Å². The Bertz CT molecular complexity index is 1140. The third-order valence-corrected chi connectivity index (χ3v) is 4.52. The molecule has 0 aliphatic heterocycles. The zero-order valence-corrected chi connectivity index (χ0v) is 16.0. The van der Waals surface area contributed by atoms with Crippen LogP contribution in [-0.4, -0.2) is 27.0 Å². The van der Waals surface area contributed by atoms with Crippen LogP contribution in [0.2, 0.25) is 0 Å². The molecule has 0 radical (unpaired) electrons. The Morgan fingerprint density at radius 2 is 1.57 bits per heavy atom. The number of amides is 2. The first kappa shape index (κ1) is 19.1. The summed E-state index contributed by atoms with van der Waals surface area (Å²) in [4.78, 5) is 28.8. The maximum atomic E-state index is 12.5. The molecule has 2 aromatic carbocycles. The van der Waals surface area contributed by atoms with Gasteiger partial charge in [0.15, 0.2) is 5.69 Å². The third kappa shape index (κ3) is 4.41. The Labute approximate surface area is 173 Å². The zero-order valence-electron chi connectivity index (χ0n) is 16.0. The summed E-state index contributed by atoms with van der Waals surface area (Å²) in [6.07, 6.45) is 2.99. The minimum absolute atomic E-state index is 0.111. The summed E-state index contributed by atoms with van der Waals surface area (Å²) < 4.78 is 0. The molecule has 2 aromatic heterocycles. The maximum Gasteiger partial charge on any atom is 0.274 e. The van der Waals surface area contributed by atoms with Gasteiger partial charge in [0, 0.05) is 18.9 Å². The van der Waals surface area contributed by atoms with E-state index in [4.69, 9.17) is 0 Å². The van der Waals surface area contributed by atoms with Crippen LogP contribution < -0.4 is 10.6 Å². The van der Waals surface area contributed by atoms with Crippen molar-refractivity contribution in [3.8, 4) is 11.1 Å². The first-order valence-corrected chi connectivity index (χ1v) is 9.39. The highest BCUT2D eigenvalue weighted by molar-refractivity contribution is 6.07. The SMILES string of the molecule is O=C(Nc1c[nH]nc1C(=O)NCc1ccc(-c2ccccc2)cc1)c1ccccn1. The number of carbonyl (C=O) groups is 2. The summed E-state index contributed by atoms with van der Waals surface area (Å²) in [5, 5.41) is 12.1. The van der Waals surface area contributed by atoms with E-state index in [0.29, 0.717) is 12.2 Å². The molecule has 0 aliphatic carbocycles. The van der Waals surface area contributed by atoms with E-state index >= 15 is 0 Å². The molecule has 0 spiro atoms. The number of aromatic nitrogens is 3. The first-order valence-electron chi connectivity index (χ1n) is 9.39. The summed E-state index contributed by atoms with van der Waals surface area (Å²) in [5.74, 6) is -0.803. The van der Waals surface area contributed by atoms with Crippen molar-refractivity contribution in [3.05, 3.63) is 102 Å². The van der Waals surface area contributed by atoms with Crippen LogP contribution in [-0.2, 0) is 6.54 Å². The lowest BCUT2D eigenvalue weighted by atomic mass is 10.0. The molecule has 0 unspecified atom stereocenters. The second-order valence-electron chi connectivity index (χ2n) is 6.56. The molecule has 30 heavy (non-hydrogen) atoms. The van der Waals surface area contributed by atoms with Crippen molar-refractivity contribution in [3.63, 3.8) is 0 Å². The second-order valence-corrected chi connectivity index (χ2v) is 6.56. The van der Waals surface area contributed by atoms with Crippen LogP contribution in [0, 0.1) is 0 Å². The Morgan fingerprint density at radius 3 is 2.30 bits per heavy atom. The first-order chi connectivity index (χ1) is 14.7. The van der Waals surface area contributed by atoms with E-state index in [1.165, 1.54) is 12.4 Å². The van der Waals surface area contributed by atoms with Gasteiger partial charge in [-0.15, -0.1) is 0 Å². The summed E-state index contributed by atoms with van der Waals surface area (Å²) in [5.41, 5.74) is 3.86. The summed E-state index contributed by atoms with van der Waals surface area (Å²) >= 11 is 0. The van der Waals surface area contributed by atoms with Crippen molar-refractivity contribution in [1.29, 1.82) is 0 Å². The molecule has 0 aliphatic rings. The van der Waals surface area contributed by atoms with Crippen molar-refractivity contribution in [2.24, 2.45) is 0 Å². The lowest BCUT2D eigenvalue weighted by molar-refractivity contribution is 0.0946. The molecule has 4 rings (SSSR count). The van der Waals surface area contributed by atoms with Gasteiger partial charge in [-0.05, 0) is 28.8 Å². The molecule has 2 amide bonds. The number of pyridine rings is 1. The normalized spacial score (nSPS) is 10.4. The van der Waals surface area contributed by atoms with Crippen molar-refractivity contribution in [1.82, 2.24) is 20.5 Å². The molecule has 0 bridgehead atoms. The highest BCUT2D eigenvalue weighted by Gasteiger charge is 2.17. The molecule has 4 aromatic rings.